The van der Waals surface area contributed by atoms with E-state index in [1.165, 1.54) is 19.3 Å². The van der Waals surface area contributed by atoms with E-state index in [0.29, 0.717) is 5.92 Å². The Morgan fingerprint density at radius 1 is 1.35 bits per heavy atom. The summed E-state index contributed by atoms with van der Waals surface area (Å²) >= 11 is 0. The lowest BCUT2D eigenvalue weighted by molar-refractivity contribution is -0.385. The number of hydrogen-bond acceptors (Lipinski definition) is 3. The zero-order valence-corrected chi connectivity index (χ0v) is 12.1. The minimum absolute atomic E-state index is 0.183. The zero-order valence-electron chi connectivity index (χ0n) is 12.1. The van der Waals surface area contributed by atoms with E-state index in [4.69, 9.17) is 5.73 Å². The fraction of sp³-hybridized carbons (Fsp3) is 0.625. The first-order chi connectivity index (χ1) is 9.61. The predicted molar refractivity (Wildman–Crippen MR) is 80.5 cm³/mol. The van der Waals surface area contributed by atoms with Crippen molar-refractivity contribution in [2.45, 2.75) is 51.5 Å². The van der Waals surface area contributed by atoms with Crippen LogP contribution in [0.5, 0.6) is 0 Å². The van der Waals surface area contributed by atoms with Gasteiger partial charge in [0.1, 0.15) is 0 Å². The first-order valence-electron chi connectivity index (χ1n) is 7.59. The summed E-state index contributed by atoms with van der Waals surface area (Å²) in [6.45, 7) is 2.21. The minimum atomic E-state index is -0.285. The highest BCUT2D eigenvalue weighted by Crippen LogP contribution is 2.34. The molecule has 0 aromatic heterocycles. The number of rotatable bonds is 5. The molecule has 1 aliphatic carbocycles. The van der Waals surface area contributed by atoms with Crippen molar-refractivity contribution in [2.24, 2.45) is 17.6 Å². The van der Waals surface area contributed by atoms with E-state index in [1.807, 2.05) is 12.1 Å². The lowest BCUT2D eigenvalue weighted by atomic mass is 9.74. The lowest BCUT2D eigenvalue weighted by Crippen LogP contribution is -2.37. The highest BCUT2D eigenvalue weighted by Gasteiger charge is 2.29. The fourth-order valence-electron chi connectivity index (χ4n) is 3.43. The van der Waals surface area contributed by atoms with Gasteiger partial charge in [-0.25, -0.2) is 0 Å². The lowest BCUT2D eigenvalue weighted by Gasteiger charge is -2.34. The van der Waals surface area contributed by atoms with E-state index < -0.39 is 0 Å². The molecule has 0 amide bonds. The Morgan fingerprint density at radius 3 is 2.80 bits per heavy atom. The van der Waals surface area contributed by atoms with Crippen LogP contribution in [-0.2, 0) is 6.42 Å². The van der Waals surface area contributed by atoms with Gasteiger partial charge in [0.05, 0.1) is 4.92 Å². The first kappa shape index (κ1) is 15.0. The third kappa shape index (κ3) is 3.57. The van der Waals surface area contributed by atoms with Crippen molar-refractivity contribution in [2.75, 3.05) is 0 Å². The molecule has 110 valence electrons. The molecule has 1 aromatic rings. The molecule has 4 heteroatoms. The second kappa shape index (κ2) is 6.84. The SMILES string of the molecule is CCCC1CCC(N)C(Cc2ccccc2[N+](=O)[O-])C1. The number of nitrogens with two attached hydrogens (primary N) is 1. The molecular weight excluding hydrogens is 252 g/mol. The summed E-state index contributed by atoms with van der Waals surface area (Å²) in [5.74, 6) is 1.12. The number of para-hydroxylation sites is 1. The number of hydrogen-bond donors (Lipinski definition) is 1. The molecule has 1 saturated carbocycles. The number of nitrogens with zero attached hydrogens (tertiary/aromatic N) is 1. The van der Waals surface area contributed by atoms with Gasteiger partial charge in [0.25, 0.3) is 5.69 Å². The molecule has 4 nitrogen and oxygen atoms in total. The van der Waals surface area contributed by atoms with Crippen molar-refractivity contribution in [1.82, 2.24) is 0 Å². The maximum atomic E-state index is 11.1. The van der Waals surface area contributed by atoms with Crippen LogP contribution >= 0.6 is 0 Å². The quantitative estimate of drug-likeness (QED) is 0.658. The molecule has 2 N–H and O–H groups in total. The van der Waals surface area contributed by atoms with Crippen molar-refractivity contribution in [3.8, 4) is 0 Å². The molecule has 3 atom stereocenters. The smallest absolute Gasteiger partial charge is 0.272 e. The first-order valence-corrected chi connectivity index (χ1v) is 7.59. The van der Waals surface area contributed by atoms with Gasteiger partial charge < -0.3 is 5.73 Å². The van der Waals surface area contributed by atoms with Crippen LogP contribution in [0.4, 0.5) is 5.69 Å². The van der Waals surface area contributed by atoms with Crippen LogP contribution in [0.25, 0.3) is 0 Å². The maximum absolute atomic E-state index is 11.1. The molecule has 0 heterocycles. The molecule has 0 saturated heterocycles. The van der Waals surface area contributed by atoms with Crippen LogP contribution in [0, 0.1) is 22.0 Å². The van der Waals surface area contributed by atoms with E-state index in [1.54, 1.807) is 12.1 Å². The molecule has 1 aliphatic rings. The Labute approximate surface area is 120 Å². The average Bonchev–Trinajstić information content (AvgIpc) is 2.43. The predicted octanol–water partition coefficient (Wildman–Crippen LogP) is 3.68. The Hall–Kier alpha value is -1.42. The van der Waals surface area contributed by atoms with Crippen LogP contribution in [0.2, 0.25) is 0 Å². The Kier molecular flexibility index (Phi) is 5.12. The fourth-order valence-corrected chi connectivity index (χ4v) is 3.43. The van der Waals surface area contributed by atoms with Gasteiger partial charge in [0.2, 0.25) is 0 Å². The molecule has 2 rings (SSSR count). The Morgan fingerprint density at radius 2 is 2.10 bits per heavy atom. The molecule has 1 aromatic carbocycles. The summed E-state index contributed by atoms with van der Waals surface area (Å²) in [6, 6.07) is 7.24. The molecule has 20 heavy (non-hydrogen) atoms. The van der Waals surface area contributed by atoms with Gasteiger partial charge in [-0.2, -0.15) is 0 Å². The maximum Gasteiger partial charge on any atom is 0.272 e. The summed E-state index contributed by atoms with van der Waals surface area (Å²) in [5.41, 5.74) is 7.30. The highest BCUT2D eigenvalue weighted by atomic mass is 16.6. The standard InChI is InChI=1S/C16H24N2O2/c1-2-5-12-8-9-15(17)14(10-12)11-13-6-3-4-7-16(13)18(19)20/h3-4,6-7,12,14-15H,2,5,8-11,17H2,1H3. The summed E-state index contributed by atoms with van der Waals surface area (Å²) in [6.07, 6.45) is 6.57. The van der Waals surface area contributed by atoms with E-state index in [9.17, 15) is 10.1 Å². The summed E-state index contributed by atoms with van der Waals surface area (Å²) in [5, 5.41) is 11.1. The largest absolute Gasteiger partial charge is 0.327 e. The normalized spacial score (nSPS) is 26.4. The van der Waals surface area contributed by atoms with Gasteiger partial charge >= 0.3 is 0 Å². The number of benzene rings is 1. The van der Waals surface area contributed by atoms with Crippen molar-refractivity contribution in [3.63, 3.8) is 0 Å². The van der Waals surface area contributed by atoms with Crippen LogP contribution in [0.15, 0.2) is 24.3 Å². The summed E-state index contributed by atoms with van der Waals surface area (Å²) in [7, 11) is 0. The molecule has 3 unspecified atom stereocenters. The van der Waals surface area contributed by atoms with Gasteiger partial charge in [-0.3, -0.25) is 10.1 Å². The third-order valence-electron chi connectivity index (χ3n) is 4.52. The zero-order chi connectivity index (χ0) is 14.5. The van der Waals surface area contributed by atoms with Crippen molar-refractivity contribution in [3.05, 3.63) is 39.9 Å². The van der Waals surface area contributed by atoms with E-state index in [-0.39, 0.29) is 16.7 Å². The van der Waals surface area contributed by atoms with Crippen molar-refractivity contribution >= 4 is 5.69 Å². The monoisotopic (exact) mass is 276 g/mol. The number of nitro benzene ring substituents is 1. The summed E-state index contributed by atoms with van der Waals surface area (Å²) < 4.78 is 0. The van der Waals surface area contributed by atoms with E-state index in [0.717, 1.165) is 30.7 Å². The highest BCUT2D eigenvalue weighted by molar-refractivity contribution is 5.40. The van der Waals surface area contributed by atoms with Gasteiger partial charge in [-0.15, -0.1) is 0 Å². The van der Waals surface area contributed by atoms with E-state index >= 15 is 0 Å². The third-order valence-corrected chi connectivity index (χ3v) is 4.52. The minimum Gasteiger partial charge on any atom is -0.327 e. The Bertz CT molecular complexity index is 462. The molecule has 0 aliphatic heterocycles. The van der Waals surface area contributed by atoms with Crippen LogP contribution in [0.3, 0.4) is 0 Å². The van der Waals surface area contributed by atoms with Gasteiger partial charge in [0.15, 0.2) is 0 Å². The Balaban J connectivity index is 2.09. The van der Waals surface area contributed by atoms with E-state index in [2.05, 4.69) is 6.92 Å². The number of nitro groups is 1. The molecule has 1 fully saturated rings. The van der Waals surface area contributed by atoms with Gasteiger partial charge in [0, 0.05) is 17.7 Å². The van der Waals surface area contributed by atoms with Gasteiger partial charge in [-0.1, -0.05) is 38.0 Å². The van der Waals surface area contributed by atoms with Crippen LogP contribution in [-0.4, -0.2) is 11.0 Å². The summed E-state index contributed by atoms with van der Waals surface area (Å²) in [4.78, 5) is 10.8. The van der Waals surface area contributed by atoms with Crippen LogP contribution < -0.4 is 5.73 Å². The van der Waals surface area contributed by atoms with Gasteiger partial charge in [-0.05, 0) is 37.5 Å². The molecular formula is C16H24N2O2. The van der Waals surface area contributed by atoms with Crippen LogP contribution in [0.1, 0.15) is 44.6 Å². The second-order valence-electron chi connectivity index (χ2n) is 5.98. The average molecular weight is 276 g/mol. The molecule has 0 spiro atoms. The second-order valence-corrected chi connectivity index (χ2v) is 5.98. The molecule has 0 bridgehead atoms. The topological polar surface area (TPSA) is 69.2 Å². The van der Waals surface area contributed by atoms with Crippen molar-refractivity contribution in [1.29, 1.82) is 0 Å². The molecule has 0 radical (unpaired) electrons. The van der Waals surface area contributed by atoms with Crippen molar-refractivity contribution < 1.29 is 4.92 Å².